The van der Waals surface area contributed by atoms with Gasteiger partial charge in [0.2, 0.25) is 5.95 Å². The highest BCUT2D eigenvalue weighted by Gasteiger charge is 2.23. The second-order valence-electron chi connectivity index (χ2n) is 4.80. The molecule has 2 aromatic rings. The van der Waals surface area contributed by atoms with Gasteiger partial charge in [0.15, 0.2) is 6.10 Å². The molecule has 1 aliphatic heterocycles. The van der Waals surface area contributed by atoms with Gasteiger partial charge in [-0.25, -0.2) is 9.78 Å². The van der Waals surface area contributed by atoms with Crippen LogP contribution in [0.1, 0.15) is 13.3 Å². The third-order valence-electron chi connectivity index (χ3n) is 3.03. The first kappa shape index (κ1) is 14.2. The van der Waals surface area contributed by atoms with Gasteiger partial charge in [-0.15, -0.1) is 11.8 Å². The van der Waals surface area contributed by atoms with Gasteiger partial charge < -0.3 is 14.5 Å². The predicted octanol–water partition coefficient (Wildman–Crippen LogP) is 3.01. The van der Waals surface area contributed by atoms with E-state index in [4.69, 9.17) is 9.47 Å². The highest BCUT2D eigenvalue weighted by atomic mass is 32.2. The van der Waals surface area contributed by atoms with Crippen molar-refractivity contribution in [1.29, 1.82) is 0 Å². The first-order valence-electron chi connectivity index (χ1n) is 6.92. The van der Waals surface area contributed by atoms with Crippen LogP contribution >= 0.6 is 11.8 Å². The first-order chi connectivity index (χ1) is 10.2. The molecule has 0 unspecified atom stereocenters. The zero-order valence-electron chi connectivity index (χ0n) is 11.7. The highest BCUT2D eigenvalue weighted by Crippen LogP contribution is 2.24. The second-order valence-corrected chi connectivity index (χ2v) is 5.97. The molecule has 6 nitrogen and oxygen atoms in total. The number of nitrogens with zero attached hydrogens (tertiary/aromatic N) is 1. The third-order valence-corrected chi connectivity index (χ3v) is 4.23. The zero-order valence-corrected chi connectivity index (χ0v) is 12.5. The maximum Gasteiger partial charge on any atom is 0.414 e. The van der Waals surface area contributed by atoms with E-state index in [9.17, 15) is 4.79 Å². The standard InChI is InChI=1S/C14H17N3O3S/c1-2-5-21-10-3-4-11-12(6-10)16-13(15-11)17-14(18)20-9-7-19-8-9/h3-4,6,9H,2,5,7-8H2,1H3,(H2,15,16,17,18). The number of carbonyl (C=O) groups excluding carboxylic acids is 1. The van der Waals surface area contributed by atoms with Crippen LogP contribution in [0.2, 0.25) is 0 Å². The maximum absolute atomic E-state index is 11.6. The molecule has 0 aliphatic carbocycles. The van der Waals surface area contributed by atoms with Crippen molar-refractivity contribution < 1.29 is 14.3 Å². The summed E-state index contributed by atoms with van der Waals surface area (Å²) in [6.45, 7) is 3.08. The van der Waals surface area contributed by atoms with Crippen molar-refractivity contribution in [3.63, 3.8) is 0 Å². The average Bonchev–Trinajstić information content (AvgIpc) is 2.82. The number of aromatic nitrogens is 2. The lowest BCUT2D eigenvalue weighted by atomic mass is 10.3. The third kappa shape index (κ3) is 3.48. The van der Waals surface area contributed by atoms with Gasteiger partial charge >= 0.3 is 6.09 Å². The molecular weight excluding hydrogens is 290 g/mol. The van der Waals surface area contributed by atoms with E-state index in [1.807, 2.05) is 12.1 Å². The van der Waals surface area contributed by atoms with Crippen LogP contribution in [0.25, 0.3) is 11.0 Å². The number of hydrogen-bond acceptors (Lipinski definition) is 5. The Kier molecular flexibility index (Phi) is 4.31. The van der Waals surface area contributed by atoms with Crippen LogP contribution in [0.4, 0.5) is 10.7 Å². The van der Waals surface area contributed by atoms with Gasteiger partial charge in [0.05, 0.1) is 24.2 Å². The Morgan fingerprint density at radius 3 is 3.14 bits per heavy atom. The van der Waals surface area contributed by atoms with Gasteiger partial charge in [-0.1, -0.05) is 6.92 Å². The molecule has 0 radical (unpaired) electrons. The van der Waals surface area contributed by atoms with E-state index in [0.717, 1.165) is 23.2 Å². The topological polar surface area (TPSA) is 76.2 Å². The molecular formula is C14H17N3O3S. The molecule has 21 heavy (non-hydrogen) atoms. The van der Waals surface area contributed by atoms with Crippen molar-refractivity contribution in [1.82, 2.24) is 9.97 Å². The van der Waals surface area contributed by atoms with Crippen LogP contribution < -0.4 is 5.32 Å². The zero-order chi connectivity index (χ0) is 14.7. The number of thioether (sulfide) groups is 1. The van der Waals surface area contributed by atoms with Crippen molar-refractivity contribution in [2.45, 2.75) is 24.3 Å². The average molecular weight is 307 g/mol. The van der Waals surface area contributed by atoms with Gasteiger partial charge in [-0.2, -0.15) is 0 Å². The van der Waals surface area contributed by atoms with Crippen LogP contribution in [0, 0.1) is 0 Å². The van der Waals surface area contributed by atoms with E-state index < -0.39 is 6.09 Å². The van der Waals surface area contributed by atoms with Crippen molar-refractivity contribution in [2.75, 3.05) is 24.3 Å². The van der Waals surface area contributed by atoms with E-state index in [-0.39, 0.29) is 6.10 Å². The minimum atomic E-state index is -0.511. The maximum atomic E-state index is 11.6. The fourth-order valence-corrected chi connectivity index (χ4v) is 2.71. The van der Waals surface area contributed by atoms with Gasteiger partial charge in [0, 0.05) is 4.90 Å². The van der Waals surface area contributed by atoms with E-state index >= 15 is 0 Å². The number of benzene rings is 1. The minimum Gasteiger partial charge on any atom is -0.441 e. The number of ether oxygens (including phenoxy) is 2. The first-order valence-corrected chi connectivity index (χ1v) is 7.91. The Balaban J connectivity index is 1.66. The molecule has 1 aliphatic rings. The molecule has 1 saturated heterocycles. The molecule has 112 valence electrons. The van der Waals surface area contributed by atoms with E-state index in [1.54, 1.807) is 11.8 Å². The second kappa shape index (κ2) is 6.36. The summed E-state index contributed by atoms with van der Waals surface area (Å²) in [7, 11) is 0. The van der Waals surface area contributed by atoms with Crippen molar-refractivity contribution >= 4 is 34.8 Å². The smallest absolute Gasteiger partial charge is 0.414 e. The molecule has 2 heterocycles. The molecule has 3 rings (SSSR count). The molecule has 1 amide bonds. The quantitative estimate of drug-likeness (QED) is 0.830. The Morgan fingerprint density at radius 1 is 1.57 bits per heavy atom. The van der Waals surface area contributed by atoms with E-state index in [0.29, 0.717) is 19.2 Å². The molecule has 1 fully saturated rings. The highest BCUT2D eigenvalue weighted by molar-refractivity contribution is 7.99. The fourth-order valence-electron chi connectivity index (χ4n) is 1.91. The summed E-state index contributed by atoms with van der Waals surface area (Å²) >= 11 is 1.80. The van der Waals surface area contributed by atoms with Gasteiger partial charge in [0.1, 0.15) is 0 Å². The van der Waals surface area contributed by atoms with Crippen LogP contribution in [0.5, 0.6) is 0 Å². The number of anilines is 1. The summed E-state index contributed by atoms with van der Waals surface area (Å²) in [6, 6.07) is 6.04. The summed E-state index contributed by atoms with van der Waals surface area (Å²) in [5, 5.41) is 2.60. The summed E-state index contributed by atoms with van der Waals surface area (Å²) in [6.07, 6.45) is 0.474. The van der Waals surface area contributed by atoms with Crippen molar-refractivity contribution in [3.05, 3.63) is 18.2 Å². The van der Waals surface area contributed by atoms with Gasteiger partial charge in [0.25, 0.3) is 0 Å². The number of imidazole rings is 1. The number of carbonyl (C=O) groups is 1. The number of H-pyrrole nitrogens is 1. The number of nitrogens with one attached hydrogen (secondary N) is 2. The molecule has 0 spiro atoms. The Bertz CT molecular complexity index is 639. The van der Waals surface area contributed by atoms with Gasteiger partial charge in [-0.05, 0) is 30.4 Å². The van der Waals surface area contributed by atoms with Crippen LogP contribution in [-0.2, 0) is 9.47 Å². The summed E-state index contributed by atoms with van der Waals surface area (Å²) in [5.74, 6) is 1.48. The molecule has 0 bridgehead atoms. The van der Waals surface area contributed by atoms with E-state index in [2.05, 4.69) is 28.3 Å². The number of rotatable bonds is 5. The number of amides is 1. The van der Waals surface area contributed by atoms with Crippen molar-refractivity contribution in [3.8, 4) is 0 Å². The summed E-state index contributed by atoms with van der Waals surface area (Å²) in [5.41, 5.74) is 1.72. The van der Waals surface area contributed by atoms with Gasteiger partial charge in [-0.3, -0.25) is 5.32 Å². The largest absolute Gasteiger partial charge is 0.441 e. The Morgan fingerprint density at radius 2 is 2.43 bits per heavy atom. The minimum absolute atomic E-state index is 0.147. The Hall–Kier alpha value is -1.73. The van der Waals surface area contributed by atoms with Crippen LogP contribution in [0.3, 0.4) is 0 Å². The molecule has 2 N–H and O–H groups in total. The predicted molar refractivity (Wildman–Crippen MR) is 81.8 cm³/mol. The normalized spacial score (nSPS) is 14.9. The number of fused-ring (bicyclic) bond motifs is 1. The molecule has 7 heteroatoms. The lowest BCUT2D eigenvalue weighted by Gasteiger charge is -2.25. The molecule has 1 aromatic heterocycles. The molecule has 0 saturated carbocycles. The van der Waals surface area contributed by atoms with Crippen LogP contribution in [-0.4, -0.2) is 41.1 Å². The SMILES string of the molecule is CCCSc1ccc2[nH]c(NC(=O)OC3COC3)nc2c1. The number of aromatic amines is 1. The van der Waals surface area contributed by atoms with E-state index in [1.165, 1.54) is 4.90 Å². The lowest BCUT2D eigenvalue weighted by molar-refractivity contribution is -0.0951. The molecule has 1 aromatic carbocycles. The fraction of sp³-hybridized carbons (Fsp3) is 0.429. The van der Waals surface area contributed by atoms with Crippen molar-refractivity contribution in [2.24, 2.45) is 0 Å². The number of hydrogen-bond donors (Lipinski definition) is 2. The monoisotopic (exact) mass is 307 g/mol. The summed E-state index contributed by atoms with van der Waals surface area (Å²) < 4.78 is 10.1. The molecule has 0 atom stereocenters. The lowest BCUT2D eigenvalue weighted by Crippen LogP contribution is -2.39. The summed E-state index contributed by atoms with van der Waals surface area (Å²) in [4.78, 5) is 20.2. The Labute approximate surface area is 126 Å². The van der Waals surface area contributed by atoms with Crippen LogP contribution in [0.15, 0.2) is 23.1 Å².